The normalized spacial score (nSPS) is 38.0. The van der Waals surface area contributed by atoms with Crippen LogP contribution in [0.5, 0.6) is 0 Å². The van der Waals surface area contributed by atoms with E-state index in [9.17, 15) is 9.90 Å². The molecule has 1 saturated heterocycles. The number of hydrogen-bond donors (Lipinski definition) is 2. The molecule has 2 N–H and O–H groups in total. The molecule has 1 rings (SSSR count). The van der Waals surface area contributed by atoms with Gasteiger partial charge in [0.05, 0.1) is 18.2 Å². The zero-order chi connectivity index (χ0) is 10.7. The predicted octanol–water partition coefficient (Wildman–Crippen LogP) is -0.367. The van der Waals surface area contributed by atoms with Crippen LogP contribution in [0.25, 0.3) is 0 Å². The summed E-state index contributed by atoms with van der Waals surface area (Å²) in [5, 5.41) is 12.4. The molecular weight excluding hydrogens is 186 g/mol. The third-order valence-corrected chi connectivity index (χ3v) is 2.35. The molecule has 0 aromatic heterocycles. The van der Waals surface area contributed by atoms with Gasteiger partial charge in [0.2, 0.25) is 5.91 Å². The number of carbonyl (C=O) groups is 1. The van der Waals surface area contributed by atoms with E-state index in [-0.39, 0.29) is 24.3 Å². The maximum atomic E-state index is 10.8. The Labute approximate surface area is 83.4 Å². The fraction of sp³-hybridized carbons (Fsp3) is 0.889. The highest BCUT2D eigenvalue weighted by atomic mass is 16.7. The number of nitrogens with one attached hydrogen (secondary N) is 1. The number of aliphatic hydroxyl groups excluding tert-OH is 1. The van der Waals surface area contributed by atoms with E-state index in [1.807, 2.05) is 0 Å². The molecule has 0 radical (unpaired) electrons. The molecule has 0 unspecified atom stereocenters. The van der Waals surface area contributed by atoms with Crippen molar-refractivity contribution >= 4 is 5.91 Å². The van der Waals surface area contributed by atoms with Crippen LogP contribution in [0.1, 0.15) is 20.3 Å². The lowest BCUT2D eigenvalue weighted by atomic mass is 9.99. The molecule has 0 aromatic rings. The molecule has 1 heterocycles. The smallest absolute Gasteiger partial charge is 0.217 e. The molecule has 1 aliphatic heterocycles. The summed E-state index contributed by atoms with van der Waals surface area (Å²) in [5.74, 6) is -0.166. The summed E-state index contributed by atoms with van der Waals surface area (Å²) in [6, 6.07) is -0.348. The first-order valence-corrected chi connectivity index (χ1v) is 4.68. The van der Waals surface area contributed by atoms with E-state index in [0.29, 0.717) is 6.42 Å². The van der Waals surface area contributed by atoms with Crippen LogP contribution < -0.4 is 5.32 Å². The lowest BCUT2D eigenvalue weighted by molar-refractivity contribution is -0.210. The van der Waals surface area contributed by atoms with Crippen LogP contribution in [0.15, 0.2) is 0 Å². The summed E-state index contributed by atoms with van der Waals surface area (Å²) in [7, 11) is 1.53. The van der Waals surface area contributed by atoms with E-state index >= 15 is 0 Å². The van der Waals surface area contributed by atoms with Gasteiger partial charge >= 0.3 is 0 Å². The van der Waals surface area contributed by atoms with Crippen molar-refractivity contribution in [3.63, 3.8) is 0 Å². The number of hydrogen-bond acceptors (Lipinski definition) is 4. The van der Waals surface area contributed by atoms with Crippen molar-refractivity contribution in [3.05, 3.63) is 0 Å². The van der Waals surface area contributed by atoms with Crippen molar-refractivity contribution in [1.82, 2.24) is 5.32 Å². The number of methoxy groups -OCH3 is 1. The standard InChI is InChI=1S/C9H17NO4/c1-5-9(10-6(2)11)7(12)4-8(13-3)14-5/h5,7-9,12H,4H2,1-3H3,(H,10,11)/t5-,7-,8+,9-/m1/s1. The van der Waals surface area contributed by atoms with E-state index in [0.717, 1.165) is 0 Å². The van der Waals surface area contributed by atoms with Crippen molar-refractivity contribution in [3.8, 4) is 0 Å². The van der Waals surface area contributed by atoms with Gasteiger partial charge in [-0.25, -0.2) is 0 Å². The van der Waals surface area contributed by atoms with Gasteiger partial charge in [-0.2, -0.15) is 0 Å². The Morgan fingerprint density at radius 1 is 1.64 bits per heavy atom. The van der Waals surface area contributed by atoms with E-state index in [4.69, 9.17) is 9.47 Å². The monoisotopic (exact) mass is 203 g/mol. The molecule has 0 aromatic carbocycles. The highest BCUT2D eigenvalue weighted by Crippen LogP contribution is 2.20. The van der Waals surface area contributed by atoms with Gasteiger partial charge in [0.25, 0.3) is 0 Å². The largest absolute Gasteiger partial charge is 0.391 e. The van der Waals surface area contributed by atoms with Crippen LogP contribution in [0.2, 0.25) is 0 Å². The van der Waals surface area contributed by atoms with E-state index in [1.54, 1.807) is 6.92 Å². The minimum Gasteiger partial charge on any atom is -0.391 e. The van der Waals surface area contributed by atoms with Gasteiger partial charge < -0.3 is 19.9 Å². The average Bonchev–Trinajstić information content (AvgIpc) is 2.10. The zero-order valence-electron chi connectivity index (χ0n) is 8.69. The summed E-state index contributed by atoms with van der Waals surface area (Å²) in [6.45, 7) is 3.22. The lowest BCUT2D eigenvalue weighted by Crippen LogP contribution is -2.55. The summed E-state index contributed by atoms with van der Waals surface area (Å²) in [5.41, 5.74) is 0. The second-order valence-electron chi connectivity index (χ2n) is 3.54. The van der Waals surface area contributed by atoms with Gasteiger partial charge in [-0.1, -0.05) is 0 Å². The minimum atomic E-state index is -0.618. The summed E-state index contributed by atoms with van der Waals surface area (Å²) in [4.78, 5) is 10.8. The molecule has 1 aliphatic rings. The number of amides is 1. The van der Waals surface area contributed by atoms with Gasteiger partial charge in [-0.3, -0.25) is 4.79 Å². The second kappa shape index (κ2) is 4.72. The molecule has 5 heteroatoms. The third-order valence-electron chi connectivity index (χ3n) is 2.35. The molecule has 5 nitrogen and oxygen atoms in total. The van der Waals surface area contributed by atoms with Crippen LogP contribution in [-0.2, 0) is 14.3 Å². The highest BCUT2D eigenvalue weighted by Gasteiger charge is 2.35. The lowest BCUT2D eigenvalue weighted by Gasteiger charge is -2.37. The summed E-state index contributed by atoms with van der Waals surface area (Å²) in [6.07, 6.45) is -0.864. The molecule has 0 bridgehead atoms. The van der Waals surface area contributed by atoms with Crippen molar-refractivity contribution in [2.24, 2.45) is 0 Å². The average molecular weight is 203 g/mol. The van der Waals surface area contributed by atoms with Gasteiger partial charge in [0.1, 0.15) is 0 Å². The molecule has 82 valence electrons. The van der Waals surface area contributed by atoms with Crippen molar-refractivity contribution in [2.45, 2.75) is 44.8 Å². The Bertz CT molecular complexity index is 197. The Morgan fingerprint density at radius 3 is 2.71 bits per heavy atom. The Morgan fingerprint density at radius 2 is 2.29 bits per heavy atom. The van der Waals surface area contributed by atoms with Crippen LogP contribution >= 0.6 is 0 Å². The maximum absolute atomic E-state index is 10.8. The topological polar surface area (TPSA) is 67.8 Å². The maximum Gasteiger partial charge on any atom is 0.217 e. The first kappa shape index (κ1) is 11.4. The van der Waals surface area contributed by atoms with E-state index < -0.39 is 6.10 Å². The summed E-state index contributed by atoms with van der Waals surface area (Å²) < 4.78 is 10.4. The second-order valence-corrected chi connectivity index (χ2v) is 3.54. The fourth-order valence-corrected chi connectivity index (χ4v) is 1.64. The Kier molecular flexibility index (Phi) is 3.86. The van der Waals surface area contributed by atoms with Crippen LogP contribution in [0.4, 0.5) is 0 Å². The number of aliphatic hydroxyl groups is 1. The van der Waals surface area contributed by atoms with Gasteiger partial charge in [-0.05, 0) is 6.92 Å². The molecular formula is C9H17NO4. The first-order valence-electron chi connectivity index (χ1n) is 4.68. The van der Waals surface area contributed by atoms with E-state index in [2.05, 4.69) is 5.32 Å². The fourth-order valence-electron chi connectivity index (χ4n) is 1.64. The van der Waals surface area contributed by atoms with E-state index in [1.165, 1.54) is 14.0 Å². The molecule has 4 atom stereocenters. The Balaban J connectivity index is 2.55. The third kappa shape index (κ3) is 2.67. The predicted molar refractivity (Wildman–Crippen MR) is 49.6 cm³/mol. The molecule has 1 amide bonds. The van der Waals surface area contributed by atoms with Gasteiger partial charge in [0, 0.05) is 20.5 Å². The number of ether oxygens (including phenoxy) is 2. The Hall–Kier alpha value is -0.650. The molecule has 0 aliphatic carbocycles. The zero-order valence-corrected chi connectivity index (χ0v) is 8.69. The quantitative estimate of drug-likeness (QED) is 0.642. The number of rotatable bonds is 2. The van der Waals surface area contributed by atoms with Crippen molar-refractivity contribution in [2.75, 3.05) is 7.11 Å². The van der Waals surface area contributed by atoms with Crippen molar-refractivity contribution in [1.29, 1.82) is 0 Å². The first-order chi connectivity index (χ1) is 6.54. The SMILES string of the molecule is CO[C@@H]1C[C@@H](O)[C@H](NC(C)=O)[C@@H](C)O1. The molecule has 0 saturated carbocycles. The van der Waals surface area contributed by atoms with Crippen molar-refractivity contribution < 1.29 is 19.4 Å². The van der Waals surface area contributed by atoms with Crippen LogP contribution in [0.3, 0.4) is 0 Å². The van der Waals surface area contributed by atoms with Crippen LogP contribution in [0, 0.1) is 0 Å². The summed E-state index contributed by atoms with van der Waals surface area (Å²) >= 11 is 0. The van der Waals surface area contributed by atoms with Gasteiger partial charge in [0.15, 0.2) is 6.29 Å². The number of carbonyl (C=O) groups excluding carboxylic acids is 1. The van der Waals surface area contributed by atoms with Crippen LogP contribution in [-0.4, -0.2) is 42.7 Å². The molecule has 1 fully saturated rings. The minimum absolute atomic E-state index is 0.166. The van der Waals surface area contributed by atoms with Gasteiger partial charge in [-0.15, -0.1) is 0 Å². The highest BCUT2D eigenvalue weighted by molar-refractivity contribution is 5.73. The molecule has 0 spiro atoms. The molecule has 14 heavy (non-hydrogen) atoms.